The molecule has 1 saturated heterocycles. The van der Waals surface area contributed by atoms with E-state index < -0.39 is 0 Å². The molecule has 5 aromatic rings. The van der Waals surface area contributed by atoms with Gasteiger partial charge < -0.3 is 14.8 Å². The first-order valence-electron chi connectivity index (χ1n) is 11.3. The number of para-hydroxylation sites is 2. The molecule has 0 spiro atoms. The van der Waals surface area contributed by atoms with Crippen molar-refractivity contribution in [2.45, 2.75) is 6.54 Å². The Balaban J connectivity index is 1.17. The number of amides is 1. The van der Waals surface area contributed by atoms with E-state index in [9.17, 15) is 14.0 Å². The lowest BCUT2D eigenvalue weighted by molar-refractivity contribution is -0.132. The molecule has 0 bridgehead atoms. The van der Waals surface area contributed by atoms with Crippen LogP contribution in [0.25, 0.3) is 33.6 Å². The molecule has 3 aromatic heterocycles. The van der Waals surface area contributed by atoms with E-state index in [1.54, 1.807) is 28.1 Å². The third kappa shape index (κ3) is 3.68. The minimum atomic E-state index is -0.322. The fraction of sp³-hybridized carbons (Fsp3) is 0.250. The Morgan fingerprint density at radius 1 is 1.11 bits per heavy atom. The van der Waals surface area contributed by atoms with Crippen LogP contribution in [0.5, 0.6) is 0 Å². The standard InChI is InChI=1S/C24H22FN7O2S/c1-29-18-4-2-3-5-19(18)32(24(29)34)13-20(33)30-8-10-31(11-9-30)23-21(26-14-35-23)22-27-16-7-6-15(25)12-17(16)28-22/h2-7,12,14H,8-11,13H2,1H3,(H,27,28). The molecule has 2 aromatic carbocycles. The largest absolute Gasteiger partial charge is 0.358 e. The quantitative estimate of drug-likeness (QED) is 0.418. The molecule has 0 saturated carbocycles. The first kappa shape index (κ1) is 21.5. The van der Waals surface area contributed by atoms with Crippen molar-refractivity contribution in [2.24, 2.45) is 7.05 Å². The molecular formula is C24H22FN7O2S. The van der Waals surface area contributed by atoms with Crippen LogP contribution in [-0.4, -0.2) is 61.1 Å². The summed E-state index contributed by atoms with van der Waals surface area (Å²) in [5.41, 5.74) is 5.15. The highest BCUT2D eigenvalue weighted by Crippen LogP contribution is 2.34. The summed E-state index contributed by atoms with van der Waals surface area (Å²) in [6, 6.07) is 11.9. The maximum absolute atomic E-state index is 13.6. The highest BCUT2D eigenvalue weighted by molar-refractivity contribution is 7.14. The second-order valence-electron chi connectivity index (χ2n) is 8.54. The number of imidazole rings is 2. The number of anilines is 1. The highest BCUT2D eigenvalue weighted by atomic mass is 32.1. The number of carbonyl (C=O) groups is 1. The summed E-state index contributed by atoms with van der Waals surface area (Å²) in [7, 11) is 1.72. The van der Waals surface area contributed by atoms with E-state index in [2.05, 4.69) is 19.9 Å². The van der Waals surface area contributed by atoms with Crippen LogP contribution in [-0.2, 0) is 18.4 Å². The average molecular weight is 492 g/mol. The number of thiazole rings is 1. The maximum Gasteiger partial charge on any atom is 0.329 e. The lowest BCUT2D eigenvalue weighted by Gasteiger charge is -2.35. The van der Waals surface area contributed by atoms with Crippen molar-refractivity contribution < 1.29 is 9.18 Å². The molecule has 1 amide bonds. The summed E-state index contributed by atoms with van der Waals surface area (Å²) >= 11 is 1.51. The van der Waals surface area contributed by atoms with Gasteiger partial charge in [-0.2, -0.15) is 0 Å². The van der Waals surface area contributed by atoms with E-state index in [1.807, 2.05) is 24.3 Å². The molecule has 35 heavy (non-hydrogen) atoms. The van der Waals surface area contributed by atoms with Crippen LogP contribution in [0.4, 0.5) is 9.39 Å². The number of nitrogens with one attached hydrogen (secondary N) is 1. The molecule has 9 nitrogen and oxygen atoms in total. The number of fused-ring (bicyclic) bond motifs is 2. The van der Waals surface area contributed by atoms with Gasteiger partial charge in [0.05, 0.1) is 27.6 Å². The van der Waals surface area contributed by atoms with E-state index in [0.29, 0.717) is 48.7 Å². The third-order valence-electron chi connectivity index (χ3n) is 6.48. The number of aromatic nitrogens is 5. The van der Waals surface area contributed by atoms with E-state index in [0.717, 1.165) is 16.0 Å². The maximum atomic E-state index is 13.6. The van der Waals surface area contributed by atoms with Crippen LogP contribution in [0, 0.1) is 5.82 Å². The van der Waals surface area contributed by atoms with Crippen LogP contribution in [0.3, 0.4) is 0 Å². The monoisotopic (exact) mass is 491 g/mol. The van der Waals surface area contributed by atoms with E-state index in [-0.39, 0.29) is 24.0 Å². The van der Waals surface area contributed by atoms with Gasteiger partial charge in [0.1, 0.15) is 23.1 Å². The molecular weight excluding hydrogens is 469 g/mol. The summed E-state index contributed by atoms with van der Waals surface area (Å²) in [5, 5.41) is 0.960. The second kappa shape index (κ2) is 8.35. The molecule has 178 valence electrons. The number of benzene rings is 2. The van der Waals surface area contributed by atoms with Gasteiger partial charge >= 0.3 is 5.69 Å². The normalized spacial score (nSPS) is 14.3. The number of rotatable bonds is 4. The number of aromatic amines is 1. The predicted molar refractivity (Wildman–Crippen MR) is 133 cm³/mol. The average Bonchev–Trinajstić information content (AvgIpc) is 3.58. The van der Waals surface area contributed by atoms with Crippen molar-refractivity contribution in [2.75, 3.05) is 31.1 Å². The molecule has 1 aliphatic heterocycles. The van der Waals surface area contributed by atoms with Gasteiger partial charge in [-0.05, 0) is 30.3 Å². The number of nitrogens with zero attached hydrogens (tertiary/aromatic N) is 6. The van der Waals surface area contributed by atoms with Gasteiger partial charge in [0.15, 0.2) is 5.82 Å². The second-order valence-corrected chi connectivity index (χ2v) is 9.37. The van der Waals surface area contributed by atoms with Gasteiger partial charge in [-0.15, -0.1) is 11.3 Å². The molecule has 0 atom stereocenters. The Kier molecular flexibility index (Phi) is 5.14. The molecule has 0 aliphatic carbocycles. The van der Waals surface area contributed by atoms with Crippen molar-refractivity contribution in [1.29, 1.82) is 0 Å². The van der Waals surface area contributed by atoms with Gasteiger partial charge in [0.2, 0.25) is 5.91 Å². The fourth-order valence-corrected chi connectivity index (χ4v) is 5.48. The van der Waals surface area contributed by atoms with Gasteiger partial charge in [0, 0.05) is 33.2 Å². The Hall–Kier alpha value is -3.99. The van der Waals surface area contributed by atoms with Crippen LogP contribution in [0.15, 0.2) is 52.8 Å². The van der Waals surface area contributed by atoms with Crippen LogP contribution < -0.4 is 10.6 Å². The number of H-pyrrole nitrogens is 1. The number of piperazine rings is 1. The lowest BCUT2D eigenvalue weighted by Crippen LogP contribution is -2.50. The van der Waals surface area contributed by atoms with Crippen molar-refractivity contribution in [3.8, 4) is 11.5 Å². The van der Waals surface area contributed by atoms with E-state index in [4.69, 9.17) is 0 Å². The van der Waals surface area contributed by atoms with Crippen molar-refractivity contribution in [1.82, 2.24) is 29.0 Å². The Morgan fingerprint density at radius 2 is 1.89 bits per heavy atom. The van der Waals surface area contributed by atoms with Gasteiger partial charge in [-0.3, -0.25) is 13.9 Å². The minimum absolute atomic E-state index is 0.0154. The zero-order valence-corrected chi connectivity index (χ0v) is 19.8. The van der Waals surface area contributed by atoms with Crippen molar-refractivity contribution in [3.63, 3.8) is 0 Å². The summed E-state index contributed by atoms with van der Waals surface area (Å²) in [6.07, 6.45) is 0. The molecule has 6 rings (SSSR count). The number of carbonyl (C=O) groups excluding carboxylic acids is 1. The van der Waals surface area contributed by atoms with Crippen molar-refractivity contribution in [3.05, 3.63) is 64.3 Å². The van der Waals surface area contributed by atoms with E-state index >= 15 is 0 Å². The number of aryl methyl sites for hydroxylation is 1. The predicted octanol–water partition coefficient (Wildman–Crippen LogP) is 2.83. The Morgan fingerprint density at radius 3 is 2.69 bits per heavy atom. The van der Waals surface area contributed by atoms with Crippen LogP contribution in [0.2, 0.25) is 0 Å². The zero-order chi connectivity index (χ0) is 24.1. The number of hydrogen-bond donors (Lipinski definition) is 1. The first-order chi connectivity index (χ1) is 17.0. The van der Waals surface area contributed by atoms with Gasteiger partial charge in [-0.1, -0.05) is 12.1 Å². The molecule has 4 heterocycles. The van der Waals surface area contributed by atoms with Gasteiger partial charge in [0.25, 0.3) is 0 Å². The lowest BCUT2D eigenvalue weighted by atomic mass is 10.3. The minimum Gasteiger partial charge on any atom is -0.358 e. The molecule has 0 radical (unpaired) electrons. The summed E-state index contributed by atoms with van der Waals surface area (Å²) in [6.45, 7) is 2.38. The van der Waals surface area contributed by atoms with Gasteiger partial charge in [-0.25, -0.2) is 19.2 Å². The Labute approximate surface area is 203 Å². The van der Waals surface area contributed by atoms with Crippen LogP contribution >= 0.6 is 11.3 Å². The molecule has 0 unspecified atom stereocenters. The molecule has 1 aliphatic rings. The molecule has 11 heteroatoms. The summed E-state index contributed by atoms with van der Waals surface area (Å²) < 4.78 is 16.7. The van der Waals surface area contributed by atoms with Crippen molar-refractivity contribution >= 4 is 44.3 Å². The number of halogens is 1. The fourth-order valence-electron chi connectivity index (χ4n) is 4.63. The SMILES string of the molecule is Cn1c(=O)n(CC(=O)N2CCN(c3scnc3-c3nc4ccc(F)cc4[nH]3)CC2)c2ccccc21. The summed E-state index contributed by atoms with van der Waals surface area (Å²) in [5.74, 6) is 0.195. The third-order valence-corrected chi connectivity index (χ3v) is 7.37. The summed E-state index contributed by atoms with van der Waals surface area (Å²) in [4.78, 5) is 42.0. The first-order valence-corrected chi connectivity index (χ1v) is 12.1. The van der Waals surface area contributed by atoms with Crippen LogP contribution in [0.1, 0.15) is 0 Å². The van der Waals surface area contributed by atoms with E-state index in [1.165, 1.54) is 28.0 Å². The topological polar surface area (TPSA) is 92.1 Å². The molecule has 1 fully saturated rings. The zero-order valence-electron chi connectivity index (χ0n) is 18.9. The molecule has 1 N–H and O–H groups in total. The Bertz CT molecular complexity index is 1620. The smallest absolute Gasteiger partial charge is 0.329 e. The number of hydrogen-bond acceptors (Lipinski definition) is 6. The highest BCUT2D eigenvalue weighted by Gasteiger charge is 2.26.